The van der Waals surface area contributed by atoms with Crippen LogP contribution in [-0.4, -0.2) is 4.98 Å². The number of para-hydroxylation sites is 1. The van der Waals surface area contributed by atoms with Gasteiger partial charge in [-0.1, -0.05) is 24.3 Å². The molecule has 1 aromatic carbocycles. The van der Waals surface area contributed by atoms with Gasteiger partial charge >= 0.3 is 0 Å². The summed E-state index contributed by atoms with van der Waals surface area (Å²) in [5, 5.41) is 6.83. The second-order valence-electron chi connectivity index (χ2n) is 4.06. The minimum absolute atomic E-state index is 0.882. The first-order valence-corrected chi connectivity index (χ1v) is 6.59. The molecular weight excluding hydrogens is 228 g/mol. The highest BCUT2D eigenvalue weighted by Gasteiger charge is 1.99. The first-order valence-electron chi connectivity index (χ1n) is 5.71. The van der Waals surface area contributed by atoms with Crippen molar-refractivity contribution >= 4 is 22.2 Å². The molecule has 0 saturated heterocycles. The van der Waals surface area contributed by atoms with Crippen molar-refractivity contribution in [3.8, 4) is 0 Å². The van der Waals surface area contributed by atoms with Crippen molar-refractivity contribution in [1.29, 1.82) is 0 Å². The minimum Gasteiger partial charge on any atom is -0.357 e. The van der Waals surface area contributed by atoms with E-state index in [2.05, 4.69) is 58.1 Å². The molecule has 0 unspecified atom stereocenters. The Labute approximate surface area is 104 Å². The van der Waals surface area contributed by atoms with E-state index in [4.69, 9.17) is 0 Å². The maximum absolute atomic E-state index is 3.44. The Morgan fingerprint density at radius 2 is 2.00 bits per heavy atom. The van der Waals surface area contributed by atoms with E-state index < -0.39 is 0 Å². The van der Waals surface area contributed by atoms with Crippen LogP contribution >= 0.6 is 11.3 Å². The highest BCUT2D eigenvalue weighted by molar-refractivity contribution is 7.09. The van der Waals surface area contributed by atoms with Crippen molar-refractivity contribution in [2.45, 2.75) is 13.1 Å². The highest BCUT2D eigenvalue weighted by atomic mass is 32.1. The summed E-state index contributed by atoms with van der Waals surface area (Å²) >= 11 is 1.79. The molecule has 0 saturated carbocycles. The van der Waals surface area contributed by atoms with E-state index in [-0.39, 0.29) is 0 Å². The molecule has 2 N–H and O–H groups in total. The van der Waals surface area contributed by atoms with Gasteiger partial charge in [0.05, 0.1) is 0 Å². The van der Waals surface area contributed by atoms with Gasteiger partial charge in [-0.3, -0.25) is 0 Å². The van der Waals surface area contributed by atoms with Crippen molar-refractivity contribution in [3.63, 3.8) is 0 Å². The number of hydrogen-bond donors (Lipinski definition) is 2. The maximum Gasteiger partial charge on any atom is 0.0456 e. The summed E-state index contributed by atoms with van der Waals surface area (Å²) in [5.41, 5.74) is 2.45. The molecule has 3 aromatic rings. The molecule has 3 rings (SSSR count). The summed E-state index contributed by atoms with van der Waals surface area (Å²) in [6.07, 6.45) is 0. The van der Waals surface area contributed by atoms with Crippen molar-refractivity contribution in [1.82, 2.24) is 10.3 Å². The van der Waals surface area contributed by atoms with Gasteiger partial charge in [0.2, 0.25) is 0 Å². The van der Waals surface area contributed by atoms with Crippen LogP contribution in [0, 0.1) is 0 Å². The fourth-order valence-corrected chi connectivity index (χ4v) is 2.64. The molecule has 0 atom stereocenters. The van der Waals surface area contributed by atoms with Gasteiger partial charge in [0.1, 0.15) is 0 Å². The standard InChI is InChI=1S/C14H14N2S/c1-2-6-14-11(4-1)8-12(16-14)9-15-10-13-5-3-7-17-13/h1-8,15-16H,9-10H2. The molecular formula is C14H14N2S. The quantitative estimate of drug-likeness (QED) is 0.720. The maximum atomic E-state index is 3.44. The predicted molar refractivity (Wildman–Crippen MR) is 73.2 cm³/mol. The third-order valence-electron chi connectivity index (χ3n) is 2.78. The van der Waals surface area contributed by atoms with Crippen molar-refractivity contribution in [2.75, 3.05) is 0 Å². The molecule has 0 radical (unpaired) electrons. The molecule has 3 heteroatoms. The van der Waals surface area contributed by atoms with E-state index in [0.717, 1.165) is 13.1 Å². The van der Waals surface area contributed by atoms with Gasteiger partial charge in [-0.2, -0.15) is 0 Å². The van der Waals surface area contributed by atoms with Gasteiger partial charge in [0.15, 0.2) is 0 Å². The third-order valence-corrected chi connectivity index (χ3v) is 3.66. The molecule has 0 fully saturated rings. The third kappa shape index (κ3) is 2.40. The lowest BCUT2D eigenvalue weighted by Crippen LogP contribution is -2.11. The van der Waals surface area contributed by atoms with Gasteiger partial charge in [-0.05, 0) is 29.0 Å². The van der Waals surface area contributed by atoms with Crippen LogP contribution in [0.3, 0.4) is 0 Å². The summed E-state index contributed by atoms with van der Waals surface area (Å²) in [6.45, 7) is 1.82. The zero-order chi connectivity index (χ0) is 11.5. The molecule has 0 spiro atoms. The first-order chi connectivity index (χ1) is 8.42. The van der Waals surface area contributed by atoms with E-state index in [1.807, 2.05) is 0 Å². The predicted octanol–water partition coefficient (Wildman–Crippen LogP) is 3.52. The number of fused-ring (bicyclic) bond motifs is 1. The molecule has 17 heavy (non-hydrogen) atoms. The van der Waals surface area contributed by atoms with Gasteiger partial charge in [0.25, 0.3) is 0 Å². The smallest absolute Gasteiger partial charge is 0.0456 e. The summed E-state index contributed by atoms with van der Waals surface area (Å²) in [5.74, 6) is 0. The average molecular weight is 242 g/mol. The number of hydrogen-bond acceptors (Lipinski definition) is 2. The molecule has 0 aliphatic heterocycles. The van der Waals surface area contributed by atoms with Gasteiger partial charge in [-0.25, -0.2) is 0 Å². The van der Waals surface area contributed by atoms with E-state index >= 15 is 0 Å². The molecule has 0 aliphatic carbocycles. The number of benzene rings is 1. The van der Waals surface area contributed by atoms with Crippen molar-refractivity contribution < 1.29 is 0 Å². The largest absolute Gasteiger partial charge is 0.357 e. The SMILES string of the molecule is c1csc(CNCc2cc3ccccc3[nH]2)c1. The zero-order valence-electron chi connectivity index (χ0n) is 9.44. The number of nitrogens with one attached hydrogen (secondary N) is 2. The fraction of sp³-hybridized carbons (Fsp3) is 0.143. The van der Waals surface area contributed by atoms with Gasteiger partial charge < -0.3 is 10.3 Å². The summed E-state index contributed by atoms with van der Waals surface area (Å²) in [6, 6.07) is 14.8. The molecule has 0 aliphatic rings. The summed E-state index contributed by atoms with van der Waals surface area (Å²) in [7, 11) is 0. The number of aromatic nitrogens is 1. The van der Waals surface area contributed by atoms with Crippen molar-refractivity contribution in [3.05, 3.63) is 58.4 Å². The molecule has 0 amide bonds. The Morgan fingerprint density at radius 1 is 1.06 bits per heavy atom. The van der Waals surface area contributed by atoms with Crippen LogP contribution in [0.1, 0.15) is 10.6 Å². The molecule has 86 valence electrons. The lowest BCUT2D eigenvalue weighted by atomic mass is 10.2. The Balaban J connectivity index is 1.65. The van der Waals surface area contributed by atoms with Crippen LogP contribution in [0.4, 0.5) is 0 Å². The zero-order valence-corrected chi connectivity index (χ0v) is 10.3. The Hall–Kier alpha value is -1.58. The van der Waals surface area contributed by atoms with E-state index in [0.29, 0.717) is 0 Å². The molecule has 2 heterocycles. The number of H-pyrrole nitrogens is 1. The number of rotatable bonds is 4. The first kappa shape index (κ1) is 10.6. The Bertz CT molecular complexity index is 563. The van der Waals surface area contributed by atoms with Crippen LogP contribution in [-0.2, 0) is 13.1 Å². The van der Waals surface area contributed by atoms with E-state index in [1.54, 1.807) is 11.3 Å². The van der Waals surface area contributed by atoms with Crippen molar-refractivity contribution in [2.24, 2.45) is 0 Å². The lowest BCUT2D eigenvalue weighted by Gasteiger charge is -2.00. The second-order valence-corrected chi connectivity index (χ2v) is 5.10. The molecule has 2 aromatic heterocycles. The fourth-order valence-electron chi connectivity index (χ4n) is 1.96. The monoisotopic (exact) mass is 242 g/mol. The lowest BCUT2D eigenvalue weighted by molar-refractivity contribution is 0.691. The second kappa shape index (κ2) is 4.73. The highest BCUT2D eigenvalue weighted by Crippen LogP contribution is 2.14. The van der Waals surface area contributed by atoms with E-state index in [9.17, 15) is 0 Å². The normalized spacial score (nSPS) is 11.1. The average Bonchev–Trinajstić information content (AvgIpc) is 2.96. The van der Waals surface area contributed by atoms with Crippen LogP contribution in [0.5, 0.6) is 0 Å². The van der Waals surface area contributed by atoms with Crippen LogP contribution in [0.25, 0.3) is 10.9 Å². The van der Waals surface area contributed by atoms with Gasteiger partial charge in [0, 0.05) is 29.2 Å². The van der Waals surface area contributed by atoms with Crippen LogP contribution in [0.2, 0.25) is 0 Å². The van der Waals surface area contributed by atoms with E-state index in [1.165, 1.54) is 21.5 Å². The van der Waals surface area contributed by atoms with Crippen LogP contribution < -0.4 is 5.32 Å². The Morgan fingerprint density at radius 3 is 2.82 bits per heavy atom. The minimum atomic E-state index is 0.882. The van der Waals surface area contributed by atoms with Crippen LogP contribution in [0.15, 0.2) is 47.8 Å². The van der Waals surface area contributed by atoms with Gasteiger partial charge in [-0.15, -0.1) is 11.3 Å². The Kier molecular flexibility index (Phi) is 2.94. The molecule has 2 nitrogen and oxygen atoms in total. The summed E-state index contributed by atoms with van der Waals surface area (Å²) in [4.78, 5) is 4.79. The molecule has 0 bridgehead atoms. The number of aromatic amines is 1. The number of thiophene rings is 1. The summed E-state index contributed by atoms with van der Waals surface area (Å²) < 4.78 is 0. The topological polar surface area (TPSA) is 27.8 Å².